The summed E-state index contributed by atoms with van der Waals surface area (Å²) in [6, 6.07) is 13.0. The van der Waals surface area contributed by atoms with Crippen molar-refractivity contribution in [1.29, 1.82) is 0 Å². The minimum Gasteiger partial charge on any atom is -0.455 e. The molecule has 2 aromatic rings. The van der Waals surface area contributed by atoms with Crippen LogP contribution in [0.5, 0.6) is 0 Å². The number of hydrogen-bond acceptors (Lipinski definition) is 8. The fourth-order valence-corrected chi connectivity index (χ4v) is 8.13. The first-order chi connectivity index (χ1) is 23.1. The maximum atomic E-state index is 14.8. The molecule has 2 saturated heterocycles. The molecule has 11 nitrogen and oxygen atoms in total. The summed E-state index contributed by atoms with van der Waals surface area (Å²) in [5.74, 6) is -4.21. The van der Waals surface area contributed by atoms with Gasteiger partial charge in [-0.3, -0.25) is 19.2 Å². The number of nitrogens with one attached hydrogen (secondary N) is 1. The lowest BCUT2D eigenvalue weighted by atomic mass is 9.74. The highest BCUT2D eigenvalue weighted by atomic mass is 79.9. The molecule has 0 radical (unpaired) electrons. The summed E-state index contributed by atoms with van der Waals surface area (Å²) in [5.41, 5.74) is -0.386. The Labute approximate surface area is 292 Å². The van der Waals surface area contributed by atoms with E-state index >= 15 is 0 Å². The molecule has 2 aromatic carbocycles. The SMILES string of the molecule is COC[C@H]1NC(=O)CC/C=C\CN(c2ccc(Cl)cc2)C(=O)[C@@H]2N([C@H](C)CO)C(=O)[C@H]3[C@H](C(=O)O[C@@H]1c1ccccc1)[C@H]1O[C@@]23C=C1Br. The van der Waals surface area contributed by atoms with E-state index in [0.717, 1.165) is 0 Å². The standard InChI is InChI=1S/C35H37BrClN3O8/c1-20(18-41)40-31-33(44)39(23-14-12-22(37)13-15-23)16-8-4-7-11-26(42)38-25(19-46-2)29(21-9-5-3-6-10-21)47-34(45)27-28(32(40)43)35(31)17-24(36)30(27)48-35/h3-6,8-10,12-15,17,20,25,27-31,41H,7,11,16,18-19H2,1-2H3,(H,38,42)/b8-4-/t20-,25-,27+,28-,29-,30+,31+,35-/m1/s1. The number of carbonyl (C=O) groups is 4. The van der Waals surface area contributed by atoms with E-state index in [4.69, 9.17) is 25.8 Å². The molecule has 4 aliphatic rings. The minimum absolute atomic E-state index is 0.0450. The molecule has 2 N–H and O–H groups in total. The number of rotatable bonds is 6. The number of fused-ring (bicyclic) bond motifs is 2. The van der Waals surface area contributed by atoms with Gasteiger partial charge in [-0.05, 0) is 49.2 Å². The number of carbonyl (C=O) groups excluding carboxylic acids is 4. The van der Waals surface area contributed by atoms with Crippen LogP contribution in [0.3, 0.4) is 0 Å². The molecule has 13 heteroatoms. The fraction of sp³-hybridized carbons (Fsp3) is 0.429. The Bertz CT molecular complexity index is 1620. The van der Waals surface area contributed by atoms with Crippen LogP contribution < -0.4 is 10.2 Å². The molecular weight excluding hydrogens is 706 g/mol. The second kappa shape index (κ2) is 14.1. The van der Waals surface area contributed by atoms with Gasteiger partial charge in [-0.1, -0.05) is 70.0 Å². The average Bonchev–Trinajstić information content (AvgIpc) is 3.68. The summed E-state index contributed by atoms with van der Waals surface area (Å²) in [6.45, 7) is 1.38. The van der Waals surface area contributed by atoms with Crippen LogP contribution in [0.2, 0.25) is 5.02 Å². The maximum Gasteiger partial charge on any atom is 0.313 e. The van der Waals surface area contributed by atoms with Crippen LogP contribution >= 0.6 is 27.5 Å². The Morgan fingerprint density at radius 3 is 2.48 bits per heavy atom. The molecule has 3 amide bonds. The van der Waals surface area contributed by atoms with E-state index in [1.54, 1.807) is 67.6 Å². The van der Waals surface area contributed by atoms with E-state index in [-0.39, 0.29) is 25.5 Å². The van der Waals surface area contributed by atoms with Crippen molar-refractivity contribution in [1.82, 2.24) is 10.2 Å². The van der Waals surface area contributed by atoms with Crippen molar-refractivity contribution in [2.45, 2.75) is 55.7 Å². The van der Waals surface area contributed by atoms with Gasteiger partial charge in [-0.15, -0.1) is 0 Å². The topological polar surface area (TPSA) is 135 Å². The maximum absolute atomic E-state index is 14.8. The quantitative estimate of drug-likeness (QED) is 0.338. The van der Waals surface area contributed by atoms with E-state index in [0.29, 0.717) is 27.2 Å². The third-order valence-corrected chi connectivity index (χ3v) is 10.4. The molecule has 0 unspecified atom stereocenters. The van der Waals surface area contributed by atoms with Crippen LogP contribution in [-0.4, -0.2) is 90.4 Å². The summed E-state index contributed by atoms with van der Waals surface area (Å²) >= 11 is 9.74. The summed E-state index contributed by atoms with van der Waals surface area (Å²) in [5, 5.41) is 13.8. The molecular formula is C35H37BrClN3O8. The zero-order chi connectivity index (χ0) is 34.2. The Morgan fingerprint density at radius 2 is 1.79 bits per heavy atom. The third-order valence-electron chi connectivity index (χ3n) is 9.44. The first kappa shape index (κ1) is 34.3. The zero-order valence-corrected chi connectivity index (χ0v) is 28.8. The van der Waals surface area contributed by atoms with Crippen molar-refractivity contribution in [3.63, 3.8) is 0 Å². The van der Waals surface area contributed by atoms with E-state index in [1.165, 1.54) is 16.9 Å². The number of esters is 1. The van der Waals surface area contributed by atoms with Gasteiger partial charge in [-0.2, -0.15) is 0 Å². The van der Waals surface area contributed by atoms with Gasteiger partial charge in [0.25, 0.3) is 5.91 Å². The van der Waals surface area contributed by atoms with Crippen LogP contribution in [0.1, 0.15) is 31.4 Å². The molecule has 4 aliphatic heterocycles. The normalized spacial score (nSPS) is 32.1. The summed E-state index contributed by atoms with van der Waals surface area (Å²) in [4.78, 5) is 59.8. The minimum atomic E-state index is -1.53. The van der Waals surface area contributed by atoms with Crippen molar-refractivity contribution in [3.05, 3.63) is 87.9 Å². The highest BCUT2D eigenvalue weighted by Gasteiger charge is 2.75. The summed E-state index contributed by atoms with van der Waals surface area (Å²) in [7, 11) is 1.49. The number of likely N-dealkylation sites (tertiary alicyclic amines) is 1. The fourth-order valence-electron chi connectivity index (χ4n) is 7.26. The first-order valence-corrected chi connectivity index (χ1v) is 17.0. The number of aliphatic hydroxyl groups excluding tert-OH is 1. The number of anilines is 1. The van der Waals surface area contributed by atoms with Crippen molar-refractivity contribution < 1.29 is 38.5 Å². The molecule has 0 aliphatic carbocycles. The Hall–Kier alpha value is -3.55. The number of aliphatic hydroxyl groups is 1. The highest BCUT2D eigenvalue weighted by molar-refractivity contribution is 9.11. The average molecular weight is 743 g/mol. The Morgan fingerprint density at radius 1 is 1.06 bits per heavy atom. The molecule has 48 heavy (non-hydrogen) atoms. The molecule has 8 atom stereocenters. The Kier molecular flexibility index (Phi) is 10.1. The van der Waals surface area contributed by atoms with E-state index in [2.05, 4.69) is 21.2 Å². The van der Waals surface area contributed by atoms with Gasteiger partial charge in [0.1, 0.15) is 29.8 Å². The molecule has 2 fully saturated rings. The van der Waals surface area contributed by atoms with Crippen molar-refractivity contribution in [3.8, 4) is 0 Å². The van der Waals surface area contributed by atoms with Crippen LogP contribution in [0.25, 0.3) is 0 Å². The number of methoxy groups -OCH3 is 1. The molecule has 6 rings (SSSR count). The predicted molar refractivity (Wildman–Crippen MR) is 180 cm³/mol. The molecule has 0 saturated carbocycles. The van der Waals surface area contributed by atoms with Crippen molar-refractivity contribution in [2.75, 3.05) is 31.8 Å². The van der Waals surface area contributed by atoms with Gasteiger partial charge in [0.05, 0.1) is 31.2 Å². The number of cyclic esters (lactones) is 1. The monoisotopic (exact) mass is 741 g/mol. The molecule has 1 spiro atoms. The number of amides is 3. The lowest BCUT2D eigenvalue weighted by Gasteiger charge is -2.37. The van der Waals surface area contributed by atoms with Crippen LogP contribution in [0, 0.1) is 11.8 Å². The van der Waals surface area contributed by atoms with Crippen LogP contribution in [-0.2, 0) is 33.4 Å². The highest BCUT2D eigenvalue weighted by Crippen LogP contribution is 2.59. The molecule has 4 heterocycles. The number of allylic oxidation sites excluding steroid dienone is 1. The number of nitrogens with zero attached hydrogens (tertiary/aromatic N) is 2. The third kappa shape index (κ3) is 6.09. The van der Waals surface area contributed by atoms with Crippen molar-refractivity contribution >= 4 is 56.9 Å². The number of benzene rings is 2. The zero-order valence-electron chi connectivity index (χ0n) is 26.5. The molecule has 0 aromatic heterocycles. The van der Waals surface area contributed by atoms with E-state index < -0.39 is 72.2 Å². The van der Waals surface area contributed by atoms with E-state index in [9.17, 15) is 24.3 Å². The second-order valence-electron chi connectivity index (χ2n) is 12.4. The smallest absolute Gasteiger partial charge is 0.313 e. The largest absolute Gasteiger partial charge is 0.455 e. The molecule has 254 valence electrons. The number of hydrogen-bond donors (Lipinski definition) is 2. The van der Waals surface area contributed by atoms with Gasteiger partial charge in [0.15, 0.2) is 0 Å². The van der Waals surface area contributed by atoms with E-state index in [1.807, 2.05) is 12.1 Å². The first-order valence-electron chi connectivity index (χ1n) is 15.9. The van der Waals surface area contributed by atoms with Gasteiger partial charge in [0.2, 0.25) is 11.8 Å². The van der Waals surface area contributed by atoms with Crippen LogP contribution in [0.4, 0.5) is 5.69 Å². The van der Waals surface area contributed by atoms with Gasteiger partial charge < -0.3 is 34.4 Å². The van der Waals surface area contributed by atoms with Gasteiger partial charge in [-0.25, -0.2) is 0 Å². The van der Waals surface area contributed by atoms with Crippen molar-refractivity contribution in [2.24, 2.45) is 11.8 Å². The summed E-state index contributed by atoms with van der Waals surface area (Å²) in [6.07, 6.45) is 3.96. The second-order valence-corrected chi connectivity index (χ2v) is 13.8. The summed E-state index contributed by atoms with van der Waals surface area (Å²) < 4.78 is 18.8. The molecule has 5 bridgehead atoms. The predicted octanol–water partition coefficient (Wildman–Crippen LogP) is 3.69. The van der Waals surface area contributed by atoms with Gasteiger partial charge in [0, 0.05) is 35.3 Å². The number of ether oxygens (including phenoxy) is 3. The lowest BCUT2D eigenvalue weighted by Crippen LogP contribution is -2.58. The van der Waals surface area contributed by atoms with Gasteiger partial charge >= 0.3 is 5.97 Å². The van der Waals surface area contributed by atoms with Crippen LogP contribution in [0.15, 0.2) is 77.3 Å². The Balaban J connectivity index is 1.49. The number of halogens is 2. The lowest BCUT2D eigenvalue weighted by molar-refractivity contribution is -0.162.